The summed E-state index contributed by atoms with van der Waals surface area (Å²) < 4.78 is 51.5. The predicted octanol–water partition coefficient (Wildman–Crippen LogP) is 3.84. The number of halogens is 4. The fourth-order valence-electron chi connectivity index (χ4n) is 1.80. The first-order chi connectivity index (χ1) is 8.97. The van der Waals surface area contributed by atoms with E-state index in [9.17, 15) is 17.6 Å². The minimum Gasteiger partial charge on any atom is -0.358 e. The highest BCUT2D eigenvalue weighted by atomic mass is 32.1. The first-order valence-corrected chi connectivity index (χ1v) is 5.99. The molecule has 3 aromatic heterocycles. The fraction of sp³-hybridized carbons (Fsp3) is 0.0909. The molecular formula is C11H5F4N3S. The third-order valence-electron chi connectivity index (χ3n) is 2.60. The number of alkyl halides is 3. The van der Waals surface area contributed by atoms with Crippen LogP contribution in [0.5, 0.6) is 0 Å². The largest absolute Gasteiger partial charge is 0.417 e. The Labute approximate surface area is 107 Å². The van der Waals surface area contributed by atoms with Gasteiger partial charge in [0.05, 0.1) is 22.2 Å². The normalized spacial score (nSPS) is 12.2. The molecular weight excluding hydrogens is 282 g/mol. The summed E-state index contributed by atoms with van der Waals surface area (Å²) >= 11 is 0.932. The fourth-order valence-corrected chi connectivity index (χ4v) is 2.74. The molecule has 0 atom stereocenters. The smallest absolute Gasteiger partial charge is 0.358 e. The van der Waals surface area contributed by atoms with Crippen molar-refractivity contribution in [3.63, 3.8) is 0 Å². The highest BCUT2D eigenvalue weighted by molar-refractivity contribution is 7.13. The van der Waals surface area contributed by atoms with Gasteiger partial charge in [-0.1, -0.05) is 0 Å². The van der Waals surface area contributed by atoms with E-state index < -0.39 is 17.8 Å². The van der Waals surface area contributed by atoms with Crippen molar-refractivity contribution in [2.75, 3.05) is 0 Å². The van der Waals surface area contributed by atoms with Crippen molar-refractivity contribution in [2.24, 2.45) is 0 Å². The van der Waals surface area contributed by atoms with Crippen molar-refractivity contribution in [1.29, 1.82) is 0 Å². The molecule has 0 aliphatic carbocycles. The molecule has 0 saturated heterocycles. The molecule has 0 aliphatic rings. The van der Waals surface area contributed by atoms with Crippen LogP contribution in [-0.2, 0) is 6.18 Å². The van der Waals surface area contributed by atoms with Gasteiger partial charge in [0.1, 0.15) is 5.52 Å². The van der Waals surface area contributed by atoms with Crippen molar-refractivity contribution in [3.05, 3.63) is 35.5 Å². The summed E-state index contributed by atoms with van der Waals surface area (Å²) in [6, 6.07) is 0.996. The van der Waals surface area contributed by atoms with Gasteiger partial charge >= 0.3 is 12.3 Å². The van der Waals surface area contributed by atoms with E-state index in [2.05, 4.69) is 15.0 Å². The van der Waals surface area contributed by atoms with Gasteiger partial charge in [0.25, 0.3) is 0 Å². The quantitative estimate of drug-likeness (QED) is 0.545. The van der Waals surface area contributed by atoms with E-state index in [1.807, 2.05) is 0 Å². The summed E-state index contributed by atoms with van der Waals surface area (Å²) in [4.78, 5) is 9.63. The van der Waals surface area contributed by atoms with E-state index in [1.165, 1.54) is 17.8 Å². The van der Waals surface area contributed by atoms with Gasteiger partial charge in [-0.3, -0.25) is 0 Å². The summed E-state index contributed by atoms with van der Waals surface area (Å²) in [5.74, 6) is 0. The second-order valence-electron chi connectivity index (χ2n) is 3.76. The molecule has 3 nitrogen and oxygen atoms in total. The van der Waals surface area contributed by atoms with Crippen LogP contribution < -0.4 is 0 Å². The number of thiophene rings is 1. The maximum atomic E-state index is 13.0. The Morgan fingerprint density at radius 2 is 2.05 bits per heavy atom. The van der Waals surface area contributed by atoms with E-state index in [0.717, 1.165) is 17.4 Å². The van der Waals surface area contributed by atoms with Crippen molar-refractivity contribution < 1.29 is 17.6 Å². The number of hydrogen-bond donors (Lipinski definition) is 1. The minimum absolute atomic E-state index is 0.0110. The van der Waals surface area contributed by atoms with Crippen LogP contribution in [0.3, 0.4) is 0 Å². The summed E-state index contributed by atoms with van der Waals surface area (Å²) in [5, 5.41) is 1.34. The molecule has 0 saturated carbocycles. The number of fused-ring (bicyclic) bond motifs is 1. The van der Waals surface area contributed by atoms with Crippen molar-refractivity contribution in [2.45, 2.75) is 6.18 Å². The molecule has 3 rings (SSSR count). The third-order valence-corrected chi connectivity index (χ3v) is 3.55. The second-order valence-corrected chi connectivity index (χ2v) is 4.68. The Morgan fingerprint density at radius 1 is 1.26 bits per heavy atom. The van der Waals surface area contributed by atoms with Gasteiger partial charge in [-0.15, -0.1) is 11.3 Å². The van der Waals surface area contributed by atoms with E-state index in [0.29, 0.717) is 5.52 Å². The van der Waals surface area contributed by atoms with Crippen molar-refractivity contribution >= 4 is 22.4 Å². The molecule has 0 radical (unpaired) electrons. The second kappa shape index (κ2) is 4.02. The Hall–Kier alpha value is -1.96. The van der Waals surface area contributed by atoms with Crippen molar-refractivity contribution in [3.8, 4) is 10.4 Å². The van der Waals surface area contributed by atoms with E-state index >= 15 is 0 Å². The van der Waals surface area contributed by atoms with Gasteiger partial charge in [-0.05, 0) is 11.4 Å². The maximum absolute atomic E-state index is 13.0. The number of hydrogen-bond acceptors (Lipinski definition) is 3. The van der Waals surface area contributed by atoms with Crippen LogP contribution in [0.1, 0.15) is 5.56 Å². The molecule has 8 heteroatoms. The number of H-pyrrole nitrogens is 1. The van der Waals surface area contributed by atoms with Gasteiger partial charge < -0.3 is 4.98 Å². The molecule has 3 heterocycles. The van der Waals surface area contributed by atoms with Crippen LogP contribution in [0, 0.1) is 6.08 Å². The third kappa shape index (κ3) is 1.97. The molecule has 0 unspecified atom stereocenters. The molecule has 0 aromatic carbocycles. The Bertz CT molecular complexity index is 744. The molecule has 0 fully saturated rings. The summed E-state index contributed by atoms with van der Waals surface area (Å²) in [5.41, 5.74) is -0.00517. The standard InChI is InChI=1S/C11H5F4N3S/c12-10-17-4-7-8(18-10)5(3-16-7)9-6(1-2-19-9)11(13,14)15/h1-4,16H. The van der Waals surface area contributed by atoms with Gasteiger partial charge in [-0.25, -0.2) is 4.98 Å². The molecule has 0 bridgehead atoms. The van der Waals surface area contributed by atoms with Crippen LogP contribution in [-0.4, -0.2) is 15.0 Å². The lowest BCUT2D eigenvalue weighted by Gasteiger charge is -2.06. The maximum Gasteiger partial charge on any atom is 0.417 e. The zero-order valence-electron chi connectivity index (χ0n) is 9.12. The first-order valence-electron chi connectivity index (χ1n) is 5.11. The summed E-state index contributed by atoms with van der Waals surface area (Å²) in [7, 11) is 0. The Kier molecular flexibility index (Phi) is 2.56. The predicted molar refractivity (Wildman–Crippen MR) is 62.2 cm³/mol. The first kappa shape index (κ1) is 12.1. The molecule has 98 valence electrons. The lowest BCUT2D eigenvalue weighted by molar-refractivity contribution is -0.136. The van der Waals surface area contributed by atoms with E-state index in [-0.39, 0.29) is 16.0 Å². The molecule has 0 amide bonds. The number of nitrogens with zero attached hydrogens (tertiary/aromatic N) is 2. The van der Waals surface area contributed by atoms with Gasteiger partial charge in [-0.2, -0.15) is 22.5 Å². The van der Waals surface area contributed by atoms with Crippen LogP contribution in [0.15, 0.2) is 23.8 Å². The highest BCUT2D eigenvalue weighted by Gasteiger charge is 2.35. The number of aromatic nitrogens is 3. The lowest BCUT2D eigenvalue weighted by atomic mass is 10.1. The monoisotopic (exact) mass is 287 g/mol. The molecule has 0 spiro atoms. The van der Waals surface area contributed by atoms with Crippen LogP contribution >= 0.6 is 11.3 Å². The van der Waals surface area contributed by atoms with Crippen LogP contribution in [0.25, 0.3) is 21.5 Å². The lowest BCUT2D eigenvalue weighted by Crippen LogP contribution is -2.04. The van der Waals surface area contributed by atoms with Gasteiger partial charge in [0.2, 0.25) is 0 Å². The van der Waals surface area contributed by atoms with E-state index in [1.54, 1.807) is 0 Å². The highest BCUT2D eigenvalue weighted by Crippen LogP contribution is 2.42. The number of nitrogens with one attached hydrogen (secondary N) is 1. The molecule has 0 aliphatic heterocycles. The SMILES string of the molecule is Fc1ncc2[nH]cc(-c3sccc3C(F)(F)F)c2n1. The van der Waals surface area contributed by atoms with Crippen LogP contribution in [0.2, 0.25) is 0 Å². The van der Waals surface area contributed by atoms with Gasteiger partial charge in [0, 0.05) is 11.8 Å². The zero-order chi connectivity index (χ0) is 13.6. The van der Waals surface area contributed by atoms with Crippen molar-refractivity contribution in [1.82, 2.24) is 15.0 Å². The minimum atomic E-state index is -4.45. The number of aromatic amines is 1. The number of rotatable bonds is 1. The van der Waals surface area contributed by atoms with Gasteiger partial charge in [0.15, 0.2) is 0 Å². The Morgan fingerprint density at radius 3 is 2.79 bits per heavy atom. The molecule has 19 heavy (non-hydrogen) atoms. The molecule has 3 aromatic rings. The topological polar surface area (TPSA) is 41.6 Å². The summed E-state index contributed by atoms with van der Waals surface area (Å²) in [6.45, 7) is 0. The average Bonchev–Trinajstić information content (AvgIpc) is 2.91. The molecule has 1 N–H and O–H groups in total. The zero-order valence-corrected chi connectivity index (χ0v) is 9.94. The summed E-state index contributed by atoms with van der Waals surface area (Å²) in [6.07, 6.45) is -2.86. The average molecular weight is 287 g/mol. The van der Waals surface area contributed by atoms with Crippen LogP contribution in [0.4, 0.5) is 17.6 Å². The Balaban J connectivity index is 2.26. The van der Waals surface area contributed by atoms with E-state index in [4.69, 9.17) is 0 Å².